The molecule has 0 radical (unpaired) electrons. The van der Waals surface area contributed by atoms with Gasteiger partial charge in [-0.1, -0.05) is 43.0 Å². The van der Waals surface area contributed by atoms with Gasteiger partial charge >= 0.3 is 5.97 Å². The number of para-hydroxylation sites is 2. The third kappa shape index (κ3) is 4.13. The number of benzene rings is 1. The van der Waals surface area contributed by atoms with E-state index in [0.29, 0.717) is 23.6 Å². The van der Waals surface area contributed by atoms with Crippen molar-refractivity contribution in [3.05, 3.63) is 40.3 Å². The highest BCUT2D eigenvalue weighted by atomic mass is 16.6. The average Bonchev–Trinajstić information content (AvgIpc) is 2.86. The first-order chi connectivity index (χ1) is 17.5. The first-order valence-corrected chi connectivity index (χ1v) is 13.7. The molecule has 3 heterocycles. The predicted molar refractivity (Wildman–Crippen MR) is 137 cm³/mol. The van der Waals surface area contributed by atoms with Crippen molar-refractivity contribution < 1.29 is 14.7 Å². The summed E-state index contributed by atoms with van der Waals surface area (Å²) in [7, 11) is 1.28. The van der Waals surface area contributed by atoms with Gasteiger partial charge in [-0.2, -0.15) is 0 Å². The largest absolute Gasteiger partial charge is 0.476 e. The molecule has 4 bridgehead atoms. The third-order valence-electron chi connectivity index (χ3n) is 9.30. The van der Waals surface area contributed by atoms with Gasteiger partial charge in [-0.25, -0.2) is 9.78 Å². The molecule has 6 rings (SSSR count). The molecule has 2 saturated carbocycles. The highest BCUT2D eigenvalue weighted by Crippen LogP contribution is 2.47. The molecule has 0 spiro atoms. The Bertz CT molecular complexity index is 1210. The van der Waals surface area contributed by atoms with Crippen LogP contribution in [0.25, 0.3) is 11.0 Å². The summed E-state index contributed by atoms with van der Waals surface area (Å²) in [6, 6.07) is 9.16. The Hall–Kier alpha value is -2.74. The smallest absolute Gasteiger partial charge is 0.360 e. The van der Waals surface area contributed by atoms with Crippen molar-refractivity contribution in [2.24, 2.45) is 17.0 Å². The van der Waals surface area contributed by atoms with Gasteiger partial charge in [-0.15, -0.1) is 0 Å². The number of piperidine rings is 2. The van der Waals surface area contributed by atoms with E-state index in [1.165, 1.54) is 64.9 Å². The highest BCUT2D eigenvalue weighted by molar-refractivity contribution is 6.41. The number of oxime groups is 1. The van der Waals surface area contributed by atoms with E-state index in [0.717, 1.165) is 30.2 Å². The zero-order valence-corrected chi connectivity index (χ0v) is 21.0. The van der Waals surface area contributed by atoms with Crippen molar-refractivity contribution in [3.63, 3.8) is 0 Å². The molecule has 5 atom stereocenters. The van der Waals surface area contributed by atoms with E-state index in [-0.39, 0.29) is 11.7 Å². The van der Waals surface area contributed by atoms with Gasteiger partial charge in [0.25, 0.3) is 5.56 Å². The normalized spacial score (nSPS) is 32.9. The molecule has 4 unspecified atom stereocenters. The lowest BCUT2D eigenvalue weighted by Crippen LogP contribution is -2.58. The highest BCUT2D eigenvalue weighted by Gasteiger charge is 2.45. The Morgan fingerprint density at radius 1 is 0.944 bits per heavy atom. The number of fused-ring (bicyclic) bond motifs is 5. The van der Waals surface area contributed by atoms with Crippen molar-refractivity contribution >= 4 is 22.7 Å². The summed E-state index contributed by atoms with van der Waals surface area (Å²) in [6.07, 6.45) is 13.7. The molecule has 8 nitrogen and oxygen atoms in total. The van der Waals surface area contributed by atoms with Gasteiger partial charge < -0.3 is 14.5 Å². The number of carboxylic acids is 1. The average molecular weight is 493 g/mol. The second-order valence-electron chi connectivity index (χ2n) is 11.4. The van der Waals surface area contributed by atoms with Gasteiger partial charge in [0.1, 0.15) is 7.11 Å². The molecular weight excluding hydrogens is 456 g/mol. The number of hydrogen-bond acceptors (Lipinski definition) is 6. The molecule has 2 aliphatic carbocycles. The van der Waals surface area contributed by atoms with Gasteiger partial charge in [0.15, 0.2) is 5.69 Å². The van der Waals surface area contributed by atoms with Gasteiger partial charge in [-0.3, -0.25) is 9.69 Å². The Morgan fingerprint density at radius 3 is 2.28 bits per heavy atom. The van der Waals surface area contributed by atoms with Crippen LogP contribution in [0.1, 0.15) is 82.4 Å². The minimum Gasteiger partial charge on any atom is -0.476 e. The summed E-state index contributed by atoms with van der Waals surface area (Å²) >= 11 is 0. The second-order valence-corrected chi connectivity index (χ2v) is 11.4. The minimum absolute atomic E-state index is 0.0105. The molecular formula is C28H36N4O4. The molecule has 2 aliphatic heterocycles. The van der Waals surface area contributed by atoms with E-state index in [1.54, 1.807) is 0 Å². The summed E-state index contributed by atoms with van der Waals surface area (Å²) in [5, 5.41) is 13.4. The summed E-state index contributed by atoms with van der Waals surface area (Å²) < 4.78 is 1.82. The maximum Gasteiger partial charge on any atom is 0.360 e. The van der Waals surface area contributed by atoms with E-state index < -0.39 is 17.2 Å². The fraction of sp³-hybridized carbons (Fsp3) is 0.643. The number of aromatic nitrogens is 2. The maximum atomic E-state index is 13.8. The molecule has 4 aliphatic rings. The number of carboxylic acid groups (broad SMARTS) is 1. The van der Waals surface area contributed by atoms with E-state index in [4.69, 9.17) is 4.84 Å². The Labute approximate surface area is 211 Å². The van der Waals surface area contributed by atoms with Crippen LogP contribution < -0.4 is 5.56 Å². The van der Waals surface area contributed by atoms with Crippen LogP contribution in [0.4, 0.5) is 0 Å². The van der Waals surface area contributed by atoms with E-state index in [1.807, 2.05) is 28.8 Å². The fourth-order valence-corrected chi connectivity index (χ4v) is 8.08. The maximum absolute atomic E-state index is 13.8. The topological polar surface area (TPSA) is 97.0 Å². The zero-order valence-electron chi connectivity index (χ0n) is 21.0. The quantitative estimate of drug-likeness (QED) is 0.492. The van der Waals surface area contributed by atoms with E-state index in [2.05, 4.69) is 15.0 Å². The van der Waals surface area contributed by atoms with Crippen molar-refractivity contribution in [1.82, 2.24) is 14.5 Å². The number of hydrogen-bond donors (Lipinski definition) is 1. The number of rotatable bonds is 5. The molecule has 36 heavy (non-hydrogen) atoms. The fourth-order valence-electron chi connectivity index (χ4n) is 8.08. The first-order valence-electron chi connectivity index (χ1n) is 13.7. The van der Waals surface area contributed by atoms with Crippen LogP contribution >= 0.6 is 0 Å². The number of carbonyl (C=O) groups is 1. The summed E-state index contributed by atoms with van der Waals surface area (Å²) in [4.78, 5) is 37.8. The zero-order chi connectivity index (χ0) is 24.8. The minimum atomic E-state index is -1.32. The SMILES string of the molecule is CON=C(C(=O)O)c1nc2ccccc2n(C2CC3CCC[C@H](C2)N3C2CC3CCCC(C3)C2)c1=O. The third-order valence-corrected chi connectivity index (χ3v) is 9.30. The van der Waals surface area contributed by atoms with Crippen LogP contribution in [-0.2, 0) is 9.63 Å². The van der Waals surface area contributed by atoms with E-state index in [9.17, 15) is 14.7 Å². The van der Waals surface area contributed by atoms with E-state index >= 15 is 0 Å². The molecule has 2 aromatic rings. The molecule has 1 aromatic heterocycles. The molecule has 0 amide bonds. The molecule has 2 saturated heterocycles. The first kappa shape index (κ1) is 23.6. The van der Waals surface area contributed by atoms with Crippen LogP contribution in [0.3, 0.4) is 0 Å². The molecule has 1 aromatic carbocycles. The summed E-state index contributed by atoms with van der Waals surface area (Å²) in [5.41, 5.74) is 0.363. The van der Waals surface area contributed by atoms with Crippen LogP contribution in [0.15, 0.2) is 34.2 Å². The van der Waals surface area contributed by atoms with Crippen LogP contribution in [0.2, 0.25) is 0 Å². The van der Waals surface area contributed by atoms with Crippen LogP contribution in [-0.4, -0.2) is 56.5 Å². The van der Waals surface area contributed by atoms with Crippen LogP contribution in [0, 0.1) is 11.8 Å². The standard InChI is InChI=1S/C28H36N4O4/c1-36-30-26(28(34)35)25-27(33)32(24-11-3-2-10-23(24)29-25)22-15-19-8-5-9-20(16-22)31(19)21-13-17-6-4-7-18(12-17)14-21/h2-3,10-11,17-22H,4-9,12-16H2,1H3,(H,34,35)/t17?,18?,19-,20?,21?,22?/m1/s1. The van der Waals surface area contributed by atoms with Gasteiger partial charge in [0.2, 0.25) is 5.71 Å². The van der Waals surface area contributed by atoms with Crippen molar-refractivity contribution in [2.45, 2.75) is 94.8 Å². The van der Waals surface area contributed by atoms with Crippen LogP contribution in [0.5, 0.6) is 0 Å². The molecule has 1 N–H and O–H groups in total. The summed E-state index contributed by atoms with van der Waals surface area (Å²) in [5.74, 6) is 0.465. The molecule has 8 heteroatoms. The lowest BCUT2D eigenvalue weighted by molar-refractivity contribution is -0.129. The van der Waals surface area contributed by atoms with Gasteiger partial charge in [0.05, 0.1) is 11.0 Å². The van der Waals surface area contributed by atoms with Gasteiger partial charge in [-0.05, 0) is 68.9 Å². The monoisotopic (exact) mass is 492 g/mol. The molecule has 192 valence electrons. The summed E-state index contributed by atoms with van der Waals surface area (Å²) in [6.45, 7) is 0. The Kier molecular flexibility index (Phi) is 6.32. The van der Waals surface area contributed by atoms with Crippen molar-refractivity contribution in [2.75, 3.05) is 7.11 Å². The molecule has 4 fully saturated rings. The second kappa shape index (κ2) is 9.61. The Balaban J connectivity index is 1.37. The lowest BCUT2D eigenvalue weighted by atomic mass is 9.68. The lowest BCUT2D eigenvalue weighted by Gasteiger charge is -2.55. The Morgan fingerprint density at radius 2 is 1.61 bits per heavy atom. The predicted octanol–water partition coefficient (Wildman–Crippen LogP) is 4.36. The number of nitrogens with zero attached hydrogens (tertiary/aromatic N) is 4. The van der Waals surface area contributed by atoms with Crippen molar-refractivity contribution in [3.8, 4) is 0 Å². The number of aliphatic carboxylic acids is 1. The van der Waals surface area contributed by atoms with Crippen molar-refractivity contribution in [1.29, 1.82) is 0 Å². The van der Waals surface area contributed by atoms with Gasteiger partial charge in [0, 0.05) is 24.2 Å².